The van der Waals surface area contributed by atoms with Gasteiger partial charge in [0, 0.05) is 23.2 Å². The molecule has 1 aromatic carbocycles. The predicted molar refractivity (Wildman–Crippen MR) is 66.6 cm³/mol. The van der Waals surface area contributed by atoms with Crippen molar-refractivity contribution in [1.82, 2.24) is 4.90 Å². The highest BCUT2D eigenvalue weighted by atomic mass is 32.2. The Balaban J connectivity index is 1.85. The maximum Gasteiger partial charge on any atom is 0.407 e. The zero-order chi connectivity index (χ0) is 12.3. The van der Waals surface area contributed by atoms with Gasteiger partial charge in [0.05, 0.1) is 0 Å². The molecule has 0 aromatic heterocycles. The summed E-state index contributed by atoms with van der Waals surface area (Å²) in [5.41, 5.74) is 0. The van der Waals surface area contributed by atoms with E-state index in [-0.39, 0.29) is 5.75 Å². The van der Waals surface area contributed by atoms with Crippen LogP contribution in [0.3, 0.4) is 0 Å². The molecule has 1 aromatic rings. The summed E-state index contributed by atoms with van der Waals surface area (Å²) >= 11 is 1.76. The van der Waals surface area contributed by atoms with Gasteiger partial charge < -0.3 is 15.1 Å². The zero-order valence-electron chi connectivity index (χ0n) is 9.37. The monoisotopic (exact) mass is 253 g/mol. The molecular weight excluding hydrogens is 238 g/mol. The lowest BCUT2D eigenvalue weighted by Gasteiger charge is -2.29. The lowest BCUT2D eigenvalue weighted by atomic mass is 10.1. The zero-order valence-corrected chi connectivity index (χ0v) is 10.2. The van der Waals surface area contributed by atoms with Gasteiger partial charge in [-0.15, -0.1) is 11.8 Å². The quantitative estimate of drug-likeness (QED) is 0.850. The van der Waals surface area contributed by atoms with E-state index < -0.39 is 6.09 Å². The molecule has 5 heteroatoms. The first-order valence-electron chi connectivity index (χ1n) is 5.59. The maximum absolute atomic E-state index is 10.7. The van der Waals surface area contributed by atoms with Gasteiger partial charge in [-0.2, -0.15) is 0 Å². The number of carbonyl (C=O) groups is 1. The van der Waals surface area contributed by atoms with Gasteiger partial charge in [0.1, 0.15) is 5.75 Å². The summed E-state index contributed by atoms with van der Waals surface area (Å²) in [6.07, 6.45) is 0.952. The molecule has 0 spiro atoms. The Morgan fingerprint density at radius 3 is 2.35 bits per heavy atom. The number of nitrogens with zero attached hydrogens (tertiary/aromatic N) is 1. The van der Waals surface area contributed by atoms with Gasteiger partial charge in [-0.05, 0) is 37.1 Å². The van der Waals surface area contributed by atoms with E-state index in [1.807, 2.05) is 12.1 Å². The number of likely N-dealkylation sites (tertiary alicyclic amines) is 1. The maximum atomic E-state index is 10.7. The summed E-state index contributed by atoms with van der Waals surface area (Å²) < 4.78 is 0. The molecule has 4 nitrogen and oxygen atoms in total. The Labute approximate surface area is 104 Å². The van der Waals surface area contributed by atoms with Gasteiger partial charge in [0.15, 0.2) is 0 Å². The number of phenolic OH excluding ortho intramolecular Hbond substituents is 1. The van der Waals surface area contributed by atoms with Crippen LogP contribution in [0.5, 0.6) is 5.75 Å². The molecule has 1 aliphatic rings. The van der Waals surface area contributed by atoms with E-state index in [9.17, 15) is 9.90 Å². The largest absolute Gasteiger partial charge is 0.508 e. The summed E-state index contributed by atoms with van der Waals surface area (Å²) in [6, 6.07) is 7.14. The number of thioether (sulfide) groups is 1. The molecule has 0 atom stereocenters. The van der Waals surface area contributed by atoms with Crippen LogP contribution in [0, 0.1) is 0 Å². The SMILES string of the molecule is O=C(O)N1CCC(Sc2ccc(O)cc2)CC1. The number of phenols is 1. The molecule has 0 bridgehead atoms. The molecule has 2 rings (SSSR count). The molecule has 2 N–H and O–H groups in total. The molecule has 0 saturated carbocycles. The predicted octanol–water partition coefficient (Wildman–Crippen LogP) is 2.63. The van der Waals surface area contributed by atoms with Gasteiger partial charge in [0.25, 0.3) is 0 Å². The van der Waals surface area contributed by atoms with Crippen LogP contribution in [-0.4, -0.2) is 39.5 Å². The number of benzene rings is 1. The summed E-state index contributed by atoms with van der Waals surface area (Å²) in [7, 11) is 0. The third-order valence-corrected chi connectivity index (χ3v) is 4.20. The van der Waals surface area contributed by atoms with E-state index in [2.05, 4.69) is 0 Å². The minimum Gasteiger partial charge on any atom is -0.508 e. The first-order chi connectivity index (χ1) is 8.15. The van der Waals surface area contributed by atoms with Crippen LogP contribution >= 0.6 is 11.8 Å². The van der Waals surface area contributed by atoms with Crippen molar-refractivity contribution in [2.75, 3.05) is 13.1 Å². The first-order valence-corrected chi connectivity index (χ1v) is 6.46. The molecule has 0 radical (unpaired) electrons. The third kappa shape index (κ3) is 3.30. The standard InChI is InChI=1S/C12H15NO3S/c14-9-1-3-10(4-2-9)17-11-5-7-13(8-6-11)12(15)16/h1-4,11,14H,5-8H2,(H,15,16). The number of amides is 1. The number of carboxylic acid groups (broad SMARTS) is 1. The highest BCUT2D eigenvalue weighted by molar-refractivity contribution is 8.00. The summed E-state index contributed by atoms with van der Waals surface area (Å²) in [5, 5.41) is 18.5. The van der Waals surface area contributed by atoms with Crippen molar-refractivity contribution >= 4 is 17.9 Å². The van der Waals surface area contributed by atoms with Gasteiger partial charge in [-0.3, -0.25) is 0 Å². The van der Waals surface area contributed by atoms with Crippen molar-refractivity contribution in [1.29, 1.82) is 0 Å². The second-order valence-electron chi connectivity index (χ2n) is 4.08. The number of hydrogen-bond donors (Lipinski definition) is 2. The van der Waals surface area contributed by atoms with Gasteiger partial charge in [0.2, 0.25) is 0 Å². The highest BCUT2D eigenvalue weighted by Gasteiger charge is 2.22. The van der Waals surface area contributed by atoms with Crippen molar-refractivity contribution in [2.24, 2.45) is 0 Å². The molecule has 1 fully saturated rings. The minimum absolute atomic E-state index is 0.273. The van der Waals surface area contributed by atoms with E-state index in [1.54, 1.807) is 23.9 Å². The summed E-state index contributed by atoms with van der Waals surface area (Å²) in [6.45, 7) is 1.23. The van der Waals surface area contributed by atoms with Crippen LogP contribution in [0.25, 0.3) is 0 Å². The molecule has 1 saturated heterocycles. The first kappa shape index (κ1) is 12.1. The molecule has 0 aliphatic carbocycles. The van der Waals surface area contributed by atoms with Crippen molar-refractivity contribution < 1.29 is 15.0 Å². The molecular formula is C12H15NO3S. The smallest absolute Gasteiger partial charge is 0.407 e. The highest BCUT2D eigenvalue weighted by Crippen LogP contribution is 2.31. The van der Waals surface area contributed by atoms with Crippen LogP contribution in [0.2, 0.25) is 0 Å². The Kier molecular flexibility index (Phi) is 3.78. The fourth-order valence-electron chi connectivity index (χ4n) is 1.88. The lowest BCUT2D eigenvalue weighted by Crippen LogP contribution is -2.38. The van der Waals surface area contributed by atoms with Crippen LogP contribution in [0.15, 0.2) is 29.2 Å². The van der Waals surface area contributed by atoms with Crippen LogP contribution < -0.4 is 0 Å². The topological polar surface area (TPSA) is 60.8 Å². The molecule has 17 heavy (non-hydrogen) atoms. The Morgan fingerprint density at radius 1 is 1.24 bits per heavy atom. The van der Waals surface area contributed by atoms with Crippen LogP contribution in [0.4, 0.5) is 4.79 Å². The molecule has 1 amide bonds. The van der Waals surface area contributed by atoms with E-state index in [0.29, 0.717) is 18.3 Å². The average Bonchev–Trinajstić information content (AvgIpc) is 2.33. The third-order valence-electron chi connectivity index (χ3n) is 2.85. The van der Waals surface area contributed by atoms with E-state index in [4.69, 9.17) is 5.11 Å². The number of aromatic hydroxyl groups is 1. The second-order valence-corrected chi connectivity index (χ2v) is 5.45. The van der Waals surface area contributed by atoms with Crippen LogP contribution in [0.1, 0.15) is 12.8 Å². The number of rotatable bonds is 2. The molecule has 1 aliphatic heterocycles. The summed E-state index contributed by atoms with van der Waals surface area (Å²) in [5.74, 6) is 0.273. The van der Waals surface area contributed by atoms with E-state index >= 15 is 0 Å². The van der Waals surface area contributed by atoms with Crippen molar-refractivity contribution in [2.45, 2.75) is 23.0 Å². The number of piperidine rings is 1. The molecule has 0 unspecified atom stereocenters. The van der Waals surface area contributed by atoms with E-state index in [1.165, 1.54) is 4.90 Å². The lowest BCUT2D eigenvalue weighted by molar-refractivity contribution is 0.136. The molecule has 1 heterocycles. The van der Waals surface area contributed by atoms with Crippen molar-refractivity contribution in [3.63, 3.8) is 0 Å². The number of hydrogen-bond acceptors (Lipinski definition) is 3. The minimum atomic E-state index is -0.821. The fourth-order valence-corrected chi connectivity index (χ4v) is 3.01. The average molecular weight is 253 g/mol. The van der Waals surface area contributed by atoms with Crippen molar-refractivity contribution in [3.05, 3.63) is 24.3 Å². The fraction of sp³-hybridized carbons (Fsp3) is 0.417. The Bertz CT molecular complexity index is 385. The van der Waals surface area contributed by atoms with Gasteiger partial charge >= 0.3 is 6.09 Å². The second kappa shape index (κ2) is 5.31. The van der Waals surface area contributed by atoms with Crippen LogP contribution in [-0.2, 0) is 0 Å². The molecule has 92 valence electrons. The van der Waals surface area contributed by atoms with Crippen molar-refractivity contribution in [3.8, 4) is 5.75 Å². The van der Waals surface area contributed by atoms with Gasteiger partial charge in [-0.1, -0.05) is 0 Å². The van der Waals surface area contributed by atoms with Gasteiger partial charge in [-0.25, -0.2) is 4.79 Å². The Morgan fingerprint density at radius 2 is 1.82 bits per heavy atom. The Hall–Kier alpha value is -1.36. The summed E-state index contributed by atoms with van der Waals surface area (Å²) in [4.78, 5) is 13.3. The van der Waals surface area contributed by atoms with E-state index in [0.717, 1.165) is 17.7 Å². The normalized spacial score (nSPS) is 17.1.